The summed E-state index contributed by atoms with van der Waals surface area (Å²) >= 11 is 0. The molecule has 0 aliphatic carbocycles. The molecule has 28 heavy (non-hydrogen) atoms. The van der Waals surface area contributed by atoms with Gasteiger partial charge in [0.15, 0.2) is 5.96 Å². The highest BCUT2D eigenvalue weighted by atomic mass is 19.1. The Labute approximate surface area is 166 Å². The Morgan fingerprint density at radius 3 is 2.64 bits per heavy atom. The van der Waals surface area contributed by atoms with E-state index in [2.05, 4.69) is 25.5 Å². The van der Waals surface area contributed by atoms with Crippen LogP contribution in [0.15, 0.2) is 47.5 Å². The summed E-state index contributed by atoms with van der Waals surface area (Å²) in [5.74, 6) is 1.53. The van der Waals surface area contributed by atoms with Crippen LogP contribution < -0.4 is 20.4 Å². The predicted octanol–water partition coefficient (Wildman–Crippen LogP) is 2.62. The molecule has 0 spiro atoms. The van der Waals surface area contributed by atoms with E-state index in [1.165, 1.54) is 6.07 Å². The molecule has 0 atom stereocenters. The minimum Gasteiger partial charge on any atom is -0.371 e. The third-order valence-electron chi connectivity index (χ3n) is 4.92. The Kier molecular flexibility index (Phi) is 6.68. The minimum atomic E-state index is -0.186. The van der Waals surface area contributed by atoms with Crippen molar-refractivity contribution in [2.75, 3.05) is 44.0 Å². The molecule has 1 fully saturated rings. The molecule has 7 heteroatoms. The monoisotopic (exact) mass is 384 g/mol. The van der Waals surface area contributed by atoms with Gasteiger partial charge in [0.2, 0.25) is 0 Å². The number of nitrogens with one attached hydrogen (secondary N) is 2. The third-order valence-corrected chi connectivity index (χ3v) is 4.92. The summed E-state index contributed by atoms with van der Waals surface area (Å²) in [6.07, 6.45) is 1.96. The summed E-state index contributed by atoms with van der Waals surface area (Å²) in [6.45, 7) is 2.40. The summed E-state index contributed by atoms with van der Waals surface area (Å²) < 4.78 is 13.4. The van der Waals surface area contributed by atoms with Crippen molar-refractivity contribution in [2.45, 2.75) is 25.4 Å². The summed E-state index contributed by atoms with van der Waals surface area (Å²) in [7, 11) is 5.74. The Bertz CT molecular complexity index is 799. The van der Waals surface area contributed by atoms with Gasteiger partial charge in [0.05, 0.1) is 12.2 Å². The normalized spacial score (nSPS) is 15.4. The van der Waals surface area contributed by atoms with Crippen LogP contribution in [0.3, 0.4) is 0 Å². The number of halogens is 1. The molecule has 1 aliphatic rings. The highest BCUT2D eigenvalue weighted by molar-refractivity contribution is 5.80. The zero-order valence-corrected chi connectivity index (χ0v) is 16.8. The fraction of sp³-hybridized carbons (Fsp3) is 0.429. The molecule has 0 amide bonds. The third kappa shape index (κ3) is 5.34. The predicted molar refractivity (Wildman–Crippen MR) is 114 cm³/mol. The van der Waals surface area contributed by atoms with E-state index in [1.807, 2.05) is 43.3 Å². The molecule has 2 heterocycles. The van der Waals surface area contributed by atoms with Gasteiger partial charge in [-0.15, -0.1) is 0 Å². The lowest BCUT2D eigenvalue weighted by Gasteiger charge is -2.34. The largest absolute Gasteiger partial charge is 0.371 e. The Balaban J connectivity index is 1.49. The van der Waals surface area contributed by atoms with Crippen LogP contribution in [0.4, 0.5) is 15.9 Å². The molecule has 1 aromatic heterocycles. The first-order valence-electron chi connectivity index (χ1n) is 9.66. The number of benzene rings is 1. The molecule has 1 saturated heterocycles. The second-order valence-corrected chi connectivity index (χ2v) is 7.19. The van der Waals surface area contributed by atoms with Crippen LogP contribution in [0.2, 0.25) is 0 Å². The van der Waals surface area contributed by atoms with E-state index in [1.54, 1.807) is 19.2 Å². The number of rotatable bonds is 5. The highest BCUT2D eigenvalue weighted by Gasteiger charge is 2.20. The molecule has 1 aliphatic heterocycles. The lowest BCUT2D eigenvalue weighted by Crippen LogP contribution is -2.48. The molecule has 0 unspecified atom stereocenters. The van der Waals surface area contributed by atoms with Crippen LogP contribution in [0.1, 0.15) is 18.5 Å². The minimum absolute atomic E-state index is 0.186. The second kappa shape index (κ2) is 9.39. The molecular formula is C21H29FN6. The summed E-state index contributed by atoms with van der Waals surface area (Å²) in [6, 6.07) is 13.2. The molecule has 1 aromatic carbocycles. The van der Waals surface area contributed by atoms with Gasteiger partial charge in [-0.1, -0.05) is 12.1 Å². The first-order chi connectivity index (χ1) is 13.5. The number of piperidine rings is 1. The molecule has 2 N–H and O–H groups in total. The van der Waals surface area contributed by atoms with Crippen LogP contribution in [0.25, 0.3) is 0 Å². The van der Waals surface area contributed by atoms with E-state index in [0.29, 0.717) is 12.6 Å². The number of aliphatic imine (C=N–C) groups is 1. The standard InChI is InChI=1S/C21H29FN6/c1-23-21(24-15-18-7-5-9-20(25-18)27(2)3)26-17-10-12-28(13-11-17)19-8-4-6-16(22)14-19/h4-9,14,17H,10-13,15H2,1-3H3,(H2,23,24,26). The van der Waals surface area contributed by atoms with E-state index >= 15 is 0 Å². The average Bonchev–Trinajstić information content (AvgIpc) is 2.71. The van der Waals surface area contributed by atoms with E-state index in [-0.39, 0.29) is 5.82 Å². The van der Waals surface area contributed by atoms with Crippen molar-refractivity contribution in [1.29, 1.82) is 0 Å². The van der Waals surface area contributed by atoms with Gasteiger partial charge < -0.3 is 20.4 Å². The van der Waals surface area contributed by atoms with Gasteiger partial charge >= 0.3 is 0 Å². The summed E-state index contributed by atoms with van der Waals surface area (Å²) in [5, 5.41) is 6.84. The Morgan fingerprint density at radius 1 is 1.21 bits per heavy atom. The molecule has 0 bridgehead atoms. The second-order valence-electron chi connectivity index (χ2n) is 7.19. The number of nitrogens with zero attached hydrogens (tertiary/aromatic N) is 4. The first kappa shape index (κ1) is 19.9. The van der Waals surface area contributed by atoms with E-state index in [9.17, 15) is 4.39 Å². The number of guanidine groups is 1. The van der Waals surface area contributed by atoms with Gasteiger partial charge in [-0.25, -0.2) is 9.37 Å². The van der Waals surface area contributed by atoms with Crippen LogP contribution in [-0.2, 0) is 6.54 Å². The number of hydrogen-bond donors (Lipinski definition) is 2. The Morgan fingerprint density at radius 2 is 1.96 bits per heavy atom. The van der Waals surface area contributed by atoms with Crippen molar-refractivity contribution in [2.24, 2.45) is 4.99 Å². The Hall–Kier alpha value is -2.83. The van der Waals surface area contributed by atoms with Crippen molar-refractivity contribution in [3.8, 4) is 0 Å². The number of pyridine rings is 1. The van der Waals surface area contributed by atoms with Crippen molar-refractivity contribution < 1.29 is 4.39 Å². The SMILES string of the molecule is CN=C(NCc1cccc(N(C)C)n1)NC1CCN(c2cccc(F)c2)CC1. The number of anilines is 2. The van der Waals surface area contributed by atoms with Crippen molar-refractivity contribution in [1.82, 2.24) is 15.6 Å². The van der Waals surface area contributed by atoms with E-state index in [4.69, 9.17) is 0 Å². The van der Waals surface area contributed by atoms with Gasteiger partial charge in [0, 0.05) is 46.0 Å². The van der Waals surface area contributed by atoms with Gasteiger partial charge in [0.25, 0.3) is 0 Å². The summed E-state index contributed by atoms with van der Waals surface area (Å²) in [4.78, 5) is 13.2. The maximum absolute atomic E-state index is 13.4. The highest BCUT2D eigenvalue weighted by Crippen LogP contribution is 2.20. The lowest BCUT2D eigenvalue weighted by molar-refractivity contribution is 0.461. The zero-order chi connectivity index (χ0) is 19.9. The lowest BCUT2D eigenvalue weighted by atomic mass is 10.0. The molecule has 6 nitrogen and oxygen atoms in total. The fourth-order valence-corrected chi connectivity index (χ4v) is 3.33. The molecular weight excluding hydrogens is 355 g/mol. The van der Waals surface area contributed by atoms with Crippen LogP contribution >= 0.6 is 0 Å². The van der Waals surface area contributed by atoms with Crippen LogP contribution in [-0.4, -0.2) is 51.2 Å². The van der Waals surface area contributed by atoms with Gasteiger partial charge in [0.1, 0.15) is 11.6 Å². The quantitative estimate of drug-likeness (QED) is 0.613. The molecule has 2 aromatic rings. The smallest absolute Gasteiger partial charge is 0.191 e. The van der Waals surface area contributed by atoms with Gasteiger partial charge in [-0.05, 0) is 43.2 Å². The molecule has 3 rings (SSSR count). The van der Waals surface area contributed by atoms with Crippen LogP contribution in [0.5, 0.6) is 0 Å². The van der Waals surface area contributed by atoms with Crippen LogP contribution in [0, 0.1) is 5.82 Å². The van der Waals surface area contributed by atoms with E-state index < -0.39 is 0 Å². The molecule has 150 valence electrons. The summed E-state index contributed by atoms with van der Waals surface area (Å²) in [5.41, 5.74) is 1.92. The van der Waals surface area contributed by atoms with Gasteiger partial charge in [-0.2, -0.15) is 0 Å². The van der Waals surface area contributed by atoms with Gasteiger partial charge in [-0.3, -0.25) is 4.99 Å². The van der Waals surface area contributed by atoms with Crippen molar-refractivity contribution in [3.05, 3.63) is 54.0 Å². The maximum Gasteiger partial charge on any atom is 0.191 e. The maximum atomic E-state index is 13.4. The zero-order valence-electron chi connectivity index (χ0n) is 16.8. The van der Waals surface area contributed by atoms with Crippen molar-refractivity contribution in [3.63, 3.8) is 0 Å². The number of hydrogen-bond acceptors (Lipinski definition) is 4. The molecule has 0 saturated carbocycles. The fourth-order valence-electron chi connectivity index (χ4n) is 3.33. The average molecular weight is 385 g/mol. The first-order valence-corrected chi connectivity index (χ1v) is 9.66. The van der Waals surface area contributed by atoms with E-state index in [0.717, 1.165) is 49.1 Å². The molecule has 0 radical (unpaired) electrons. The topological polar surface area (TPSA) is 55.8 Å². The van der Waals surface area contributed by atoms with Crippen molar-refractivity contribution >= 4 is 17.5 Å². The number of aromatic nitrogens is 1.